The number of fused-ring (bicyclic) bond motifs is 2. The van der Waals surface area contributed by atoms with E-state index in [0.29, 0.717) is 29.8 Å². The molecule has 2 aliphatic carbocycles. The summed E-state index contributed by atoms with van der Waals surface area (Å²) in [5.74, 6) is 4.67. The van der Waals surface area contributed by atoms with Crippen molar-refractivity contribution >= 4 is 45.6 Å². The average molecular weight is 918 g/mol. The molecule has 0 spiro atoms. The van der Waals surface area contributed by atoms with Gasteiger partial charge < -0.3 is 43.3 Å². The number of hydrogen-bond donors (Lipinski definition) is 3. The second kappa shape index (κ2) is 21.6. The van der Waals surface area contributed by atoms with Gasteiger partial charge in [-0.15, -0.1) is 0 Å². The summed E-state index contributed by atoms with van der Waals surface area (Å²) in [5.41, 5.74) is 4.60. The Morgan fingerprint density at radius 1 is 0.851 bits per heavy atom. The molecule has 1 amide bonds. The number of hydrogen-bond acceptors (Lipinski definition) is 12. The highest BCUT2D eigenvalue weighted by atomic mass is 16.5. The van der Waals surface area contributed by atoms with Gasteiger partial charge in [0, 0.05) is 54.9 Å². The number of aryl methyl sites for hydroxylation is 2. The molecule has 14 nitrogen and oxygen atoms in total. The zero-order chi connectivity index (χ0) is 47.9. The predicted molar refractivity (Wildman–Crippen MR) is 259 cm³/mol. The molecule has 2 saturated carbocycles. The van der Waals surface area contributed by atoms with Crippen LogP contribution in [-0.4, -0.2) is 84.4 Å². The molecular formula is C53H67N5O9. The Kier molecular flexibility index (Phi) is 15.7. The molecule has 2 aromatic carbocycles. The van der Waals surface area contributed by atoms with Crippen molar-refractivity contribution in [3.05, 3.63) is 107 Å². The summed E-state index contributed by atoms with van der Waals surface area (Å²) in [4.78, 5) is 43.4. The molecule has 358 valence electrons. The maximum atomic E-state index is 12.7. The van der Waals surface area contributed by atoms with Crippen molar-refractivity contribution in [1.29, 1.82) is 0 Å². The van der Waals surface area contributed by atoms with E-state index >= 15 is 0 Å². The third-order valence-electron chi connectivity index (χ3n) is 12.6. The predicted octanol–water partition coefficient (Wildman–Crippen LogP) is 10.4. The molecule has 0 radical (unpaired) electrons. The number of anilines is 1. The van der Waals surface area contributed by atoms with Gasteiger partial charge in [0.2, 0.25) is 0 Å². The average Bonchev–Trinajstić information content (AvgIpc) is 4.26. The van der Waals surface area contributed by atoms with Crippen LogP contribution in [0.4, 0.5) is 5.82 Å². The summed E-state index contributed by atoms with van der Waals surface area (Å²) in [6, 6.07) is 15.5. The Bertz CT molecular complexity index is 2580. The number of carbonyl (C=O) groups is 3. The fourth-order valence-electron chi connectivity index (χ4n) is 8.05. The minimum Gasteiger partial charge on any atom is -0.493 e. The Labute approximate surface area is 393 Å². The number of ether oxygens (including phenoxy) is 3. The van der Waals surface area contributed by atoms with Crippen LogP contribution in [0.2, 0.25) is 0 Å². The highest BCUT2D eigenvalue weighted by Gasteiger charge is 2.29. The lowest BCUT2D eigenvalue weighted by atomic mass is 9.97. The van der Waals surface area contributed by atoms with Crippen LogP contribution in [0.25, 0.3) is 21.9 Å². The first-order valence-corrected chi connectivity index (χ1v) is 23.7. The van der Waals surface area contributed by atoms with Crippen LogP contribution >= 0.6 is 0 Å². The lowest BCUT2D eigenvalue weighted by Gasteiger charge is -2.33. The molecule has 3 atom stereocenters. The molecule has 8 rings (SSSR count). The number of rotatable bonds is 20. The second-order valence-electron chi connectivity index (χ2n) is 18.8. The standard InChI is InChI=1S/C29H37N3O5.C24H30N2O4/c1-6-35-26(33)13-14-32(5)29(34)21-9-12-25(30-16-21)31-27(18(2)3)28-19(4)23-15-22(10-11-24(23)37-28)36-17-20-7-8-20;1-14(2)22(25-21-10-7-17(24(27)28)12-26(21)4)23-15(3)19-11-18(8-9-20(19)30-23)29-13-16-5-6-16/h9-12,15-16,18,20,27H,6-8,13-14,17H2,1-5H3,(H,30,31);7-12,14,16,21-22,25H,5-6,13H2,1-4H3,(H,27,28). The van der Waals surface area contributed by atoms with E-state index in [-0.39, 0.29) is 60.5 Å². The van der Waals surface area contributed by atoms with Crippen LogP contribution in [0.1, 0.15) is 112 Å². The van der Waals surface area contributed by atoms with Crippen LogP contribution < -0.4 is 20.1 Å². The van der Waals surface area contributed by atoms with Crippen molar-refractivity contribution in [2.75, 3.05) is 45.8 Å². The van der Waals surface area contributed by atoms with Crippen molar-refractivity contribution in [1.82, 2.24) is 20.1 Å². The van der Waals surface area contributed by atoms with Gasteiger partial charge in [-0.05, 0) is 131 Å². The Morgan fingerprint density at radius 3 is 1.90 bits per heavy atom. The SMILES string of the molecule is CCOC(=O)CCN(C)C(=O)c1ccc(NC(c2oc3ccc(OCC4CC4)cc3c2C)C(C)C)nc1.Cc1c(C(NC2C=CC(C(=O)O)=CN2C)C(C)C)oc2ccc(OCC3CC3)cc12. The summed E-state index contributed by atoms with van der Waals surface area (Å²) in [7, 11) is 3.53. The first-order chi connectivity index (χ1) is 32.1. The molecule has 2 fully saturated rings. The Hall–Kier alpha value is -6.28. The fraction of sp³-hybridized carbons (Fsp3) is 0.472. The Balaban J connectivity index is 0.000000203. The number of esters is 1. The summed E-state index contributed by atoms with van der Waals surface area (Å²) in [5, 5.41) is 18.4. The maximum Gasteiger partial charge on any atom is 0.337 e. The molecule has 14 heteroatoms. The van der Waals surface area contributed by atoms with Gasteiger partial charge in [-0.2, -0.15) is 0 Å². The number of likely N-dealkylation sites (N-methyl/N-ethyl adjacent to an activating group) is 1. The van der Waals surface area contributed by atoms with E-state index in [9.17, 15) is 19.5 Å². The van der Waals surface area contributed by atoms with E-state index in [4.69, 9.17) is 23.0 Å². The molecule has 5 aromatic rings. The van der Waals surface area contributed by atoms with Gasteiger partial charge >= 0.3 is 11.9 Å². The zero-order valence-electron chi connectivity index (χ0n) is 40.4. The molecule has 1 aliphatic heterocycles. The number of pyridine rings is 1. The molecule has 0 bridgehead atoms. The summed E-state index contributed by atoms with van der Waals surface area (Å²) >= 11 is 0. The largest absolute Gasteiger partial charge is 0.493 e. The minimum absolute atomic E-state index is 0.0230. The molecule has 3 aliphatic rings. The number of amides is 1. The quantitative estimate of drug-likeness (QED) is 0.0631. The van der Waals surface area contributed by atoms with E-state index in [1.165, 1.54) is 30.6 Å². The van der Waals surface area contributed by atoms with Crippen LogP contribution in [0.3, 0.4) is 0 Å². The van der Waals surface area contributed by atoms with E-state index in [0.717, 1.165) is 69.3 Å². The van der Waals surface area contributed by atoms with E-state index in [1.54, 1.807) is 44.6 Å². The fourth-order valence-corrected chi connectivity index (χ4v) is 8.05. The smallest absolute Gasteiger partial charge is 0.337 e. The summed E-state index contributed by atoms with van der Waals surface area (Å²) in [6.07, 6.45) is 11.8. The molecule has 0 saturated heterocycles. The molecule has 4 heterocycles. The summed E-state index contributed by atoms with van der Waals surface area (Å²) < 4.78 is 29.4. The lowest BCUT2D eigenvalue weighted by Crippen LogP contribution is -2.44. The van der Waals surface area contributed by atoms with E-state index < -0.39 is 5.97 Å². The number of carbonyl (C=O) groups excluding carboxylic acids is 2. The number of carboxylic acid groups (broad SMARTS) is 1. The van der Waals surface area contributed by atoms with Gasteiger partial charge in [-0.3, -0.25) is 14.9 Å². The van der Waals surface area contributed by atoms with Gasteiger partial charge in [0.1, 0.15) is 40.0 Å². The molecule has 67 heavy (non-hydrogen) atoms. The Morgan fingerprint density at radius 2 is 1.42 bits per heavy atom. The maximum absolute atomic E-state index is 12.7. The van der Waals surface area contributed by atoms with Crippen molar-refractivity contribution in [3.63, 3.8) is 0 Å². The van der Waals surface area contributed by atoms with Crippen LogP contribution in [-0.2, 0) is 14.3 Å². The van der Waals surface area contributed by atoms with E-state index in [2.05, 4.69) is 69.3 Å². The molecule has 3 N–H and O–H groups in total. The van der Waals surface area contributed by atoms with Gasteiger partial charge in [0.05, 0.1) is 55.6 Å². The first kappa shape index (κ1) is 48.6. The number of benzene rings is 2. The van der Waals surface area contributed by atoms with Crippen LogP contribution in [0, 0.1) is 37.5 Å². The third-order valence-corrected chi connectivity index (χ3v) is 12.6. The number of nitrogens with zero attached hydrogens (tertiary/aromatic N) is 3. The molecule has 3 unspecified atom stereocenters. The molecule has 3 aromatic heterocycles. The first-order valence-electron chi connectivity index (χ1n) is 23.7. The number of furan rings is 2. The van der Waals surface area contributed by atoms with Crippen molar-refractivity contribution < 1.29 is 42.5 Å². The van der Waals surface area contributed by atoms with Crippen molar-refractivity contribution in [2.45, 2.75) is 98.8 Å². The molecular weight excluding hydrogens is 851 g/mol. The van der Waals surface area contributed by atoms with E-state index in [1.807, 2.05) is 42.3 Å². The number of aliphatic carboxylic acids is 1. The normalized spacial score (nSPS) is 16.7. The highest BCUT2D eigenvalue weighted by molar-refractivity contribution is 5.94. The third kappa shape index (κ3) is 12.4. The second-order valence-corrected chi connectivity index (χ2v) is 18.8. The van der Waals surface area contributed by atoms with Crippen LogP contribution in [0.5, 0.6) is 11.5 Å². The van der Waals surface area contributed by atoms with Crippen LogP contribution in [0.15, 0.2) is 87.5 Å². The number of aromatic nitrogens is 1. The van der Waals surface area contributed by atoms with Gasteiger partial charge in [0.15, 0.2) is 0 Å². The topological polar surface area (TPSA) is 169 Å². The van der Waals surface area contributed by atoms with Gasteiger partial charge in [-0.25, -0.2) is 9.78 Å². The highest BCUT2D eigenvalue weighted by Crippen LogP contribution is 2.38. The minimum atomic E-state index is -0.926. The van der Waals surface area contributed by atoms with Gasteiger partial charge in [0.25, 0.3) is 5.91 Å². The number of carboxylic acids is 1. The van der Waals surface area contributed by atoms with Crippen molar-refractivity contribution in [2.24, 2.45) is 23.7 Å². The van der Waals surface area contributed by atoms with Gasteiger partial charge in [-0.1, -0.05) is 27.7 Å². The monoisotopic (exact) mass is 917 g/mol. The number of nitrogens with one attached hydrogen (secondary N) is 2. The lowest BCUT2D eigenvalue weighted by molar-refractivity contribution is -0.143. The summed E-state index contributed by atoms with van der Waals surface area (Å²) in [6.45, 7) is 16.7. The zero-order valence-corrected chi connectivity index (χ0v) is 40.4. The van der Waals surface area contributed by atoms with Crippen molar-refractivity contribution in [3.8, 4) is 11.5 Å².